The average molecular weight is 694 g/mol. The molecule has 1 N–H and O–H groups in total. The van der Waals surface area contributed by atoms with Gasteiger partial charge < -0.3 is 10.0 Å². The largest absolute Gasteiger partial charge is 0.508 e. The summed E-state index contributed by atoms with van der Waals surface area (Å²) in [6.07, 6.45) is 0.619. The third-order valence-corrected chi connectivity index (χ3v) is 11.3. The van der Waals surface area contributed by atoms with Crippen molar-refractivity contribution in [1.82, 2.24) is 4.90 Å². The summed E-state index contributed by atoms with van der Waals surface area (Å²) in [7, 11) is -5.17. The van der Waals surface area contributed by atoms with Crippen LogP contribution in [0.3, 0.4) is 0 Å². The molecular weight excluding hydrogens is 649 g/mol. The molecule has 0 saturated carbocycles. The molecule has 0 aromatic heterocycles. The lowest BCUT2D eigenvalue weighted by Crippen LogP contribution is -2.36. The van der Waals surface area contributed by atoms with Crippen molar-refractivity contribution in [3.05, 3.63) is 59.2 Å². The third-order valence-electron chi connectivity index (χ3n) is 8.35. The standard InChI is InChI=1S/C33H44F5NO5S2/c1-39(21-9-23-46(43,44)22-8-19-32(34,35)33(36,37)38)20-6-4-3-5-11-31-29(25-13-16-28(17-14-25)45(2,41)42)12-7-10-26-24-27(40)15-18-30(26)31/h13-18,24,40H,3-12,19-23H2,1-2H3. The van der Waals surface area contributed by atoms with E-state index < -0.39 is 50.4 Å². The zero-order chi connectivity index (χ0) is 34.2. The zero-order valence-corrected chi connectivity index (χ0v) is 28.0. The van der Waals surface area contributed by atoms with Crippen molar-refractivity contribution in [2.24, 2.45) is 0 Å². The number of rotatable bonds is 17. The van der Waals surface area contributed by atoms with Gasteiger partial charge in [-0.15, -0.1) is 0 Å². The minimum absolute atomic E-state index is 0.228. The van der Waals surface area contributed by atoms with Gasteiger partial charge in [-0.2, -0.15) is 22.0 Å². The maximum Gasteiger partial charge on any atom is 0.453 e. The number of nitrogens with zero attached hydrogens (tertiary/aromatic N) is 1. The molecule has 46 heavy (non-hydrogen) atoms. The normalized spacial score (nSPS) is 14.9. The fraction of sp³-hybridized carbons (Fsp3) is 0.576. The molecule has 0 amide bonds. The molecule has 3 rings (SSSR count). The Morgan fingerprint density at radius 3 is 2.09 bits per heavy atom. The molecule has 0 fully saturated rings. The second kappa shape index (κ2) is 16.1. The lowest BCUT2D eigenvalue weighted by molar-refractivity contribution is -0.284. The van der Waals surface area contributed by atoms with Crippen LogP contribution in [-0.4, -0.2) is 76.8 Å². The van der Waals surface area contributed by atoms with Crippen LogP contribution in [0.25, 0.3) is 11.1 Å². The van der Waals surface area contributed by atoms with Crippen molar-refractivity contribution >= 4 is 30.8 Å². The summed E-state index contributed by atoms with van der Waals surface area (Å²) >= 11 is 0. The Bertz CT molecular complexity index is 1550. The number of alkyl halides is 5. The molecule has 6 nitrogen and oxygen atoms in total. The van der Waals surface area contributed by atoms with Gasteiger partial charge in [0.1, 0.15) is 15.6 Å². The number of halogens is 5. The lowest BCUT2D eigenvalue weighted by atomic mass is 9.89. The van der Waals surface area contributed by atoms with Crippen LogP contribution in [0.15, 0.2) is 47.4 Å². The van der Waals surface area contributed by atoms with E-state index in [0.717, 1.165) is 74.6 Å². The predicted octanol–water partition coefficient (Wildman–Crippen LogP) is 7.71. The highest BCUT2D eigenvalue weighted by atomic mass is 32.2. The number of aromatic hydroxyl groups is 1. The summed E-state index contributed by atoms with van der Waals surface area (Å²) in [5.74, 6) is -5.62. The summed E-state index contributed by atoms with van der Waals surface area (Å²) in [4.78, 5) is 2.26. The molecule has 1 aliphatic rings. The fourth-order valence-electron chi connectivity index (χ4n) is 5.82. The molecule has 258 valence electrons. The first-order chi connectivity index (χ1) is 21.4. The van der Waals surface area contributed by atoms with E-state index >= 15 is 0 Å². The number of phenolic OH excluding ortho intramolecular Hbond substituents is 1. The maximum atomic E-state index is 13.0. The Morgan fingerprint density at radius 1 is 0.804 bits per heavy atom. The van der Waals surface area contributed by atoms with Gasteiger partial charge >= 0.3 is 12.1 Å². The van der Waals surface area contributed by atoms with E-state index in [1.165, 1.54) is 17.4 Å². The monoisotopic (exact) mass is 693 g/mol. The van der Waals surface area contributed by atoms with Crippen LogP contribution in [0.2, 0.25) is 0 Å². The molecule has 13 heteroatoms. The Hall–Kier alpha value is -2.51. The van der Waals surface area contributed by atoms with Gasteiger partial charge in [-0.05, 0) is 124 Å². The Labute approximate surface area is 269 Å². The van der Waals surface area contributed by atoms with Gasteiger partial charge in [-0.3, -0.25) is 0 Å². The Morgan fingerprint density at radius 2 is 1.43 bits per heavy atom. The first-order valence-electron chi connectivity index (χ1n) is 15.6. The van der Waals surface area contributed by atoms with Crippen LogP contribution >= 0.6 is 0 Å². The van der Waals surface area contributed by atoms with E-state index in [1.54, 1.807) is 18.2 Å². The lowest BCUT2D eigenvalue weighted by Gasteiger charge is -2.19. The predicted molar refractivity (Wildman–Crippen MR) is 171 cm³/mol. The summed E-state index contributed by atoms with van der Waals surface area (Å²) in [5.41, 5.74) is 5.60. The van der Waals surface area contributed by atoms with Crippen LogP contribution in [-0.2, 0) is 26.1 Å². The van der Waals surface area contributed by atoms with E-state index in [1.807, 2.05) is 36.2 Å². The van der Waals surface area contributed by atoms with Gasteiger partial charge in [0.2, 0.25) is 0 Å². The molecular formula is C33H44F5NO5S2. The molecule has 0 spiro atoms. The number of fused-ring (bicyclic) bond motifs is 1. The number of benzene rings is 2. The average Bonchev–Trinajstić information content (AvgIpc) is 3.12. The number of allylic oxidation sites excluding steroid dienone is 2. The Balaban J connectivity index is 1.48. The smallest absolute Gasteiger partial charge is 0.453 e. The second-order valence-electron chi connectivity index (χ2n) is 12.2. The van der Waals surface area contributed by atoms with Crippen molar-refractivity contribution in [2.45, 2.75) is 87.6 Å². The molecule has 0 aliphatic heterocycles. The van der Waals surface area contributed by atoms with Crippen LogP contribution in [0, 0.1) is 0 Å². The molecule has 0 unspecified atom stereocenters. The minimum Gasteiger partial charge on any atom is -0.508 e. The first-order valence-corrected chi connectivity index (χ1v) is 19.3. The summed E-state index contributed by atoms with van der Waals surface area (Å²) in [5, 5.41) is 10.1. The van der Waals surface area contributed by atoms with Crippen molar-refractivity contribution in [1.29, 1.82) is 0 Å². The number of aryl methyl sites for hydroxylation is 1. The van der Waals surface area contributed by atoms with Gasteiger partial charge in [0, 0.05) is 12.7 Å². The number of phenols is 1. The van der Waals surface area contributed by atoms with Crippen molar-refractivity contribution in [3.63, 3.8) is 0 Å². The number of sulfone groups is 2. The maximum absolute atomic E-state index is 13.0. The van der Waals surface area contributed by atoms with E-state index in [9.17, 15) is 43.9 Å². The molecule has 1 aliphatic carbocycles. The van der Waals surface area contributed by atoms with Crippen LogP contribution in [0.1, 0.15) is 80.9 Å². The summed E-state index contributed by atoms with van der Waals surface area (Å²) < 4.78 is 111. The number of unbranched alkanes of at least 4 members (excludes halogenated alkanes) is 3. The molecule has 0 bridgehead atoms. The third kappa shape index (κ3) is 11.3. The quantitative estimate of drug-likeness (QED) is 0.135. The van der Waals surface area contributed by atoms with E-state index in [0.29, 0.717) is 6.54 Å². The Kier molecular flexibility index (Phi) is 13.2. The highest BCUT2D eigenvalue weighted by Gasteiger charge is 2.56. The van der Waals surface area contributed by atoms with Crippen molar-refractivity contribution in [3.8, 4) is 5.75 Å². The van der Waals surface area contributed by atoms with E-state index in [2.05, 4.69) is 0 Å². The highest BCUT2D eigenvalue weighted by molar-refractivity contribution is 7.91. The van der Waals surface area contributed by atoms with Crippen molar-refractivity contribution < 1.29 is 43.9 Å². The van der Waals surface area contributed by atoms with Gasteiger partial charge in [-0.25, -0.2) is 16.8 Å². The molecule has 0 heterocycles. The molecule has 2 aromatic carbocycles. The van der Waals surface area contributed by atoms with Crippen LogP contribution < -0.4 is 0 Å². The molecule has 0 atom stereocenters. The van der Waals surface area contributed by atoms with Crippen molar-refractivity contribution in [2.75, 3.05) is 37.9 Å². The van der Waals surface area contributed by atoms with Crippen LogP contribution in [0.5, 0.6) is 5.75 Å². The topological polar surface area (TPSA) is 91.8 Å². The van der Waals surface area contributed by atoms with E-state index in [-0.39, 0.29) is 22.8 Å². The number of hydrogen-bond donors (Lipinski definition) is 1. The SMILES string of the molecule is CN(CCCCCCC1=C(c2ccc(S(C)(=O)=O)cc2)CCCc2cc(O)ccc21)CCCS(=O)(=O)CCCC(F)(F)C(F)(F)F. The highest BCUT2D eigenvalue weighted by Crippen LogP contribution is 2.40. The van der Waals surface area contributed by atoms with E-state index in [4.69, 9.17) is 0 Å². The molecule has 0 radical (unpaired) electrons. The summed E-state index contributed by atoms with van der Waals surface area (Å²) in [6.45, 7) is 1.20. The van der Waals surface area contributed by atoms with Gasteiger partial charge in [0.15, 0.2) is 9.84 Å². The zero-order valence-electron chi connectivity index (χ0n) is 26.4. The van der Waals surface area contributed by atoms with Gasteiger partial charge in [-0.1, -0.05) is 31.0 Å². The van der Waals surface area contributed by atoms with Gasteiger partial charge in [0.25, 0.3) is 0 Å². The minimum atomic E-state index is -5.68. The fourth-order valence-corrected chi connectivity index (χ4v) is 7.81. The van der Waals surface area contributed by atoms with Crippen LogP contribution in [0.4, 0.5) is 22.0 Å². The second-order valence-corrected chi connectivity index (χ2v) is 16.5. The molecule has 0 saturated heterocycles. The molecule has 2 aromatic rings. The summed E-state index contributed by atoms with van der Waals surface area (Å²) in [6, 6.07) is 12.5. The van der Waals surface area contributed by atoms with Gasteiger partial charge in [0.05, 0.1) is 16.4 Å². The number of hydrogen-bond acceptors (Lipinski definition) is 6. The first kappa shape index (κ1) is 37.9.